The van der Waals surface area contributed by atoms with E-state index in [9.17, 15) is 10.2 Å². The second kappa shape index (κ2) is 5.96. The van der Waals surface area contributed by atoms with Gasteiger partial charge in [-0.15, -0.1) is 0 Å². The highest BCUT2D eigenvalue weighted by molar-refractivity contribution is 5.58. The zero-order valence-corrected chi connectivity index (χ0v) is 11.4. The fourth-order valence-electron chi connectivity index (χ4n) is 1.76. The summed E-state index contributed by atoms with van der Waals surface area (Å²) < 4.78 is 0. The summed E-state index contributed by atoms with van der Waals surface area (Å²) in [5.41, 5.74) is 1.50. The maximum atomic E-state index is 9.25. The average molecular weight is 295 g/mol. The maximum Gasteiger partial charge on any atom is 0.232 e. The first kappa shape index (κ1) is 13.6. The van der Waals surface area contributed by atoms with Gasteiger partial charge < -0.3 is 20.8 Å². The minimum Gasteiger partial charge on any atom is -0.508 e. The molecule has 0 spiro atoms. The number of aromatic hydroxyl groups is 2. The van der Waals surface area contributed by atoms with Crippen molar-refractivity contribution in [3.05, 3.63) is 54.9 Å². The van der Waals surface area contributed by atoms with E-state index in [1.54, 1.807) is 48.5 Å². The van der Waals surface area contributed by atoms with E-state index in [1.807, 2.05) is 0 Å². The molecule has 22 heavy (non-hydrogen) atoms. The lowest BCUT2D eigenvalue weighted by Crippen LogP contribution is -2.02. The second-order valence-electron chi connectivity index (χ2n) is 4.48. The lowest BCUT2D eigenvalue weighted by atomic mass is 10.3. The maximum absolute atomic E-state index is 9.25. The Labute approximate surface area is 126 Å². The number of nitrogens with one attached hydrogen (secondary N) is 2. The first-order valence-corrected chi connectivity index (χ1v) is 6.50. The molecule has 0 fully saturated rings. The van der Waals surface area contributed by atoms with E-state index in [-0.39, 0.29) is 11.5 Å². The number of nitrogens with zero attached hydrogens (tertiary/aromatic N) is 3. The molecule has 2 aromatic carbocycles. The number of anilines is 4. The van der Waals surface area contributed by atoms with E-state index in [0.29, 0.717) is 11.9 Å². The smallest absolute Gasteiger partial charge is 0.232 e. The molecule has 7 nitrogen and oxygen atoms in total. The van der Waals surface area contributed by atoms with E-state index >= 15 is 0 Å². The molecule has 0 saturated heterocycles. The van der Waals surface area contributed by atoms with Crippen molar-refractivity contribution < 1.29 is 10.2 Å². The molecule has 3 rings (SSSR count). The van der Waals surface area contributed by atoms with Crippen LogP contribution in [0.5, 0.6) is 11.5 Å². The molecule has 0 saturated carbocycles. The summed E-state index contributed by atoms with van der Waals surface area (Å²) in [7, 11) is 0. The Balaban J connectivity index is 1.74. The van der Waals surface area contributed by atoms with Crippen LogP contribution in [-0.2, 0) is 0 Å². The fourth-order valence-corrected chi connectivity index (χ4v) is 1.76. The molecule has 0 aliphatic carbocycles. The number of hydrogen-bond acceptors (Lipinski definition) is 7. The van der Waals surface area contributed by atoms with Crippen molar-refractivity contribution in [3.63, 3.8) is 0 Å². The van der Waals surface area contributed by atoms with Gasteiger partial charge in [-0.05, 0) is 48.5 Å². The van der Waals surface area contributed by atoms with Crippen LogP contribution >= 0.6 is 0 Å². The highest BCUT2D eigenvalue weighted by Gasteiger charge is 2.02. The summed E-state index contributed by atoms with van der Waals surface area (Å²) in [6.07, 6.45) is 1.39. The molecule has 4 N–H and O–H groups in total. The Hall–Kier alpha value is -3.35. The van der Waals surface area contributed by atoms with Crippen LogP contribution in [0.3, 0.4) is 0 Å². The lowest BCUT2D eigenvalue weighted by molar-refractivity contribution is 0.475. The van der Waals surface area contributed by atoms with Crippen LogP contribution in [0.2, 0.25) is 0 Å². The van der Waals surface area contributed by atoms with Crippen LogP contribution in [0.25, 0.3) is 0 Å². The average Bonchev–Trinajstić information content (AvgIpc) is 2.52. The molecule has 0 atom stereocenters. The van der Waals surface area contributed by atoms with E-state index in [2.05, 4.69) is 25.6 Å². The summed E-state index contributed by atoms with van der Waals surface area (Å²) >= 11 is 0. The second-order valence-corrected chi connectivity index (χ2v) is 4.48. The molecule has 0 aliphatic rings. The van der Waals surface area contributed by atoms with Gasteiger partial charge in [-0.2, -0.15) is 4.98 Å². The Morgan fingerprint density at radius 1 is 0.636 bits per heavy atom. The summed E-state index contributed by atoms with van der Waals surface area (Å²) in [5.74, 6) is 1.13. The zero-order valence-electron chi connectivity index (χ0n) is 11.4. The Kier molecular flexibility index (Phi) is 3.69. The summed E-state index contributed by atoms with van der Waals surface area (Å²) in [6, 6.07) is 13.1. The van der Waals surface area contributed by atoms with Gasteiger partial charge >= 0.3 is 0 Å². The van der Waals surface area contributed by atoms with Crippen LogP contribution in [-0.4, -0.2) is 25.2 Å². The summed E-state index contributed by atoms with van der Waals surface area (Å²) in [4.78, 5) is 12.3. The first-order valence-electron chi connectivity index (χ1n) is 6.50. The number of rotatable bonds is 4. The van der Waals surface area contributed by atoms with E-state index in [0.717, 1.165) is 11.4 Å². The normalized spacial score (nSPS) is 10.2. The van der Waals surface area contributed by atoms with E-state index in [1.165, 1.54) is 6.33 Å². The molecule has 0 aliphatic heterocycles. The Bertz CT molecular complexity index is 697. The fraction of sp³-hybridized carbons (Fsp3) is 0. The van der Waals surface area contributed by atoms with Gasteiger partial charge in [-0.1, -0.05) is 0 Å². The van der Waals surface area contributed by atoms with Gasteiger partial charge in [-0.3, -0.25) is 0 Å². The molecule has 0 unspecified atom stereocenters. The largest absolute Gasteiger partial charge is 0.508 e. The van der Waals surface area contributed by atoms with Crippen molar-refractivity contribution >= 4 is 23.3 Å². The highest BCUT2D eigenvalue weighted by atomic mass is 16.3. The third-order valence-corrected chi connectivity index (χ3v) is 2.82. The number of phenolic OH excluding ortho intramolecular Hbond substituents is 2. The molecule has 1 aromatic heterocycles. The minimum atomic E-state index is 0.191. The summed E-state index contributed by atoms with van der Waals surface area (Å²) in [6.45, 7) is 0. The molecule has 7 heteroatoms. The molecule has 1 heterocycles. The van der Waals surface area contributed by atoms with Crippen LogP contribution in [0.15, 0.2) is 54.9 Å². The Morgan fingerprint density at radius 3 is 1.45 bits per heavy atom. The Morgan fingerprint density at radius 2 is 1.05 bits per heavy atom. The van der Waals surface area contributed by atoms with Crippen molar-refractivity contribution in [1.82, 2.24) is 15.0 Å². The topological polar surface area (TPSA) is 103 Å². The predicted molar refractivity (Wildman–Crippen MR) is 82.6 cm³/mol. The van der Waals surface area contributed by atoms with Crippen LogP contribution in [0, 0.1) is 0 Å². The third-order valence-electron chi connectivity index (χ3n) is 2.82. The molecule has 0 bridgehead atoms. The van der Waals surface area contributed by atoms with Gasteiger partial charge in [-0.25, -0.2) is 9.97 Å². The van der Waals surface area contributed by atoms with Crippen molar-refractivity contribution in [2.75, 3.05) is 10.6 Å². The minimum absolute atomic E-state index is 0.191. The van der Waals surface area contributed by atoms with Gasteiger partial charge in [0, 0.05) is 11.4 Å². The first-order chi connectivity index (χ1) is 10.7. The van der Waals surface area contributed by atoms with Gasteiger partial charge in [0.05, 0.1) is 0 Å². The van der Waals surface area contributed by atoms with Gasteiger partial charge in [0.1, 0.15) is 17.8 Å². The quantitative estimate of drug-likeness (QED) is 0.549. The van der Waals surface area contributed by atoms with Crippen molar-refractivity contribution in [2.24, 2.45) is 0 Å². The summed E-state index contributed by atoms with van der Waals surface area (Å²) in [5, 5.41) is 24.5. The molecule has 0 radical (unpaired) electrons. The number of benzene rings is 2. The molecule has 110 valence electrons. The van der Waals surface area contributed by atoms with Crippen LogP contribution < -0.4 is 10.6 Å². The highest BCUT2D eigenvalue weighted by Crippen LogP contribution is 2.19. The molecule has 3 aromatic rings. The monoisotopic (exact) mass is 295 g/mol. The predicted octanol–water partition coefficient (Wildman–Crippen LogP) is 2.77. The van der Waals surface area contributed by atoms with Gasteiger partial charge in [0.15, 0.2) is 0 Å². The van der Waals surface area contributed by atoms with Crippen LogP contribution in [0.1, 0.15) is 0 Å². The van der Waals surface area contributed by atoms with Crippen molar-refractivity contribution in [1.29, 1.82) is 0 Å². The van der Waals surface area contributed by atoms with Crippen molar-refractivity contribution in [2.45, 2.75) is 0 Å². The SMILES string of the molecule is Oc1ccc(Nc2ncnc(Nc3ccc(O)cc3)n2)cc1. The van der Waals surface area contributed by atoms with E-state index < -0.39 is 0 Å². The zero-order chi connectivity index (χ0) is 15.4. The molecular formula is C15H13N5O2. The molecular weight excluding hydrogens is 282 g/mol. The molecule has 0 amide bonds. The van der Waals surface area contributed by atoms with Crippen LogP contribution in [0.4, 0.5) is 23.3 Å². The standard InChI is InChI=1S/C15H13N5O2/c21-12-5-1-10(2-6-12)18-14-16-9-17-15(20-14)19-11-3-7-13(22)8-4-11/h1-9,21-22H,(H2,16,17,18,19,20). The number of phenols is 2. The number of aromatic nitrogens is 3. The number of hydrogen-bond donors (Lipinski definition) is 4. The van der Waals surface area contributed by atoms with Crippen molar-refractivity contribution in [3.8, 4) is 11.5 Å². The third kappa shape index (κ3) is 3.40. The van der Waals surface area contributed by atoms with E-state index in [4.69, 9.17) is 0 Å². The van der Waals surface area contributed by atoms with Gasteiger partial charge in [0.2, 0.25) is 11.9 Å². The van der Waals surface area contributed by atoms with Gasteiger partial charge in [0.25, 0.3) is 0 Å². The lowest BCUT2D eigenvalue weighted by Gasteiger charge is -2.07.